The van der Waals surface area contributed by atoms with Crippen LogP contribution in [0.3, 0.4) is 0 Å². The average Bonchev–Trinajstić information content (AvgIpc) is 2.37. The van der Waals surface area contributed by atoms with E-state index in [1.165, 1.54) is 0 Å². The van der Waals surface area contributed by atoms with Crippen molar-refractivity contribution in [2.75, 3.05) is 39.8 Å². The van der Waals surface area contributed by atoms with E-state index in [0.717, 1.165) is 25.9 Å². The molecule has 6 heteroatoms. The fraction of sp³-hybridized carbons (Fsp3) is 0.875. The lowest BCUT2D eigenvalue weighted by molar-refractivity contribution is -0.122. The molecule has 0 saturated carbocycles. The first-order chi connectivity index (χ1) is 10.2. The van der Waals surface area contributed by atoms with Gasteiger partial charge in [0.1, 0.15) is 5.60 Å². The minimum Gasteiger partial charge on any atom is -0.444 e. The Kier molecular flexibility index (Phi) is 7.13. The van der Waals surface area contributed by atoms with E-state index in [-0.39, 0.29) is 12.0 Å². The van der Waals surface area contributed by atoms with Crippen molar-refractivity contribution in [3.8, 4) is 0 Å². The second-order valence-corrected chi connectivity index (χ2v) is 7.06. The van der Waals surface area contributed by atoms with Gasteiger partial charge in [0, 0.05) is 26.7 Å². The third-order valence-corrected chi connectivity index (χ3v) is 3.58. The molecule has 1 N–H and O–H groups in total. The summed E-state index contributed by atoms with van der Waals surface area (Å²) in [6.07, 6.45) is 1.86. The van der Waals surface area contributed by atoms with Crippen molar-refractivity contribution in [3.63, 3.8) is 0 Å². The monoisotopic (exact) mass is 313 g/mol. The molecular weight excluding hydrogens is 282 g/mol. The molecule has 0 radical (unpaired) electrons. The molecular formula is C16H31N3O3. The number of likely N-dealkylation sites (tertiary alicyclic amines) is 1. The maximum absolute atomic E-state index is 12.0. The van der Waals surface area contributed by atoms with Gasteiger partial charge in [-0.1, -0.05) is 0 Å². The summed E-state index contributed by atoms with van der Waals surface area (Å²) in [6.45, 7) is 11.1. The number of nitrogens with zero attached hydrogens (tertiary/aromatic N) is 2. The standard InChI is InChI=1S/C16H31N3O3/c1-6-17-14(20)12-19-9-7-8-13(11-19)10-18(5)15(21)22-16(2,3)4/h13H,6-12H2,1-5H3,(H,17,20). The van der Waals surface area contributed by atoms with Crippen LogP contribution in [-0.2, 0) is 9.53 Å². The molecule has 128 valence electrons. The van der Waals surface area contributed by atoms with Gasteiger partial charge in [0.2, 0.25) is 5.91 Å². The minimum absolute atomic E-state index is 0.0728. The van der Waals surface area contributed by atoms with Crippen LogP contribution in [0.4, 0.5) is 4.79 Å². The first-order valence-electron chi connectivity index (χ1n) is 8.14. The molecule has 0 spiro atoms. The van der Waals surface area contributed by atoms with Crippen LogP contribution in [0.5, 0.6) is 0 Å². The lowest BCUT2D eigenvalue weighted by atomic mass is 9.97. The predicted octanol–water partition coefficient (Wildman–Crippen LogP) is 1.70. The number of rotatable bonds is 5. The van der Waals surface area contributed by atoms with Crippen LogP contribution in [0.2, 0.25) is 0 Å². The molecule has 0 bridgehead atoms. The van der Waals surface area contributed by atoms with E-state index in [4.69, 9.17) is 4.74 Å². The summed E-state index contributed by atoms with van der Waals surface area (Å²) < 4.78 is 5.37. The Morgan fingerprint density at radius 2 is 2.05 bits per heavy atom. The topological polar surface area (TPSA) is 61.9 Å². The van der Waals surface area contributed by atoms with Crippen molar-refractivity contribution in [2.45, 2.75) is 46.1 Å². The number of likely N-dealkylation sites (N-methyl/N-ethyl adjacent to an activating group) is 1. The van der Waals surface area contributed by atoms with Crippen LogP contribution in [0.15, 0.2) is 0 Å². The van der Waals surface area contributed by atoms with Gasteiger partial charge in [0.05, 0.1) is 6.54 Å². The third-order valence-electron chi connectivity index (χ3n) is 3.58. The highest BCUT2D eigenvalue weighted by Gasteiger charge is 2.26. The second-order valence-electron chi connectivity index (χ2n) is 7.06. The fourth-order valence-corrected chi connectivity index (χ4v) is 2.70. The predicted molar refractivity (Wildman–Crippen MR) is 86.7 cm³/mol. The molecule has 1 rings (SSSR count). The van der Waals surface area contributed by atoms with Crippen molar-refractivity contribution in [3.05, 3.63) is 0 Å². The van der Waals surface area contributed by atoms with Crippen LogP contribution in [0.25, 0.3) is 0 Å². The van der Waals surface area contributed by atoms with Crippen molar-refractivity contribution < 1.29 is 14.3 Å². The van der Waals surface area contributed by atoms with Gasteiger partial charge < -0.3 is 15.0 Å². The number of nitrogens with one attached hydrogen (secondary N) is 1. The molecule has 1 fully saturated rings. The average molecular weight is 313 g/mol. The number of ether oxygens (including phenoxy) is 1. The third kappa shape index (κ3) is 7.11. The Bertz CT molecular complexity index is 379. The molecule has 2 amide bonds. The highest BCUT2D eigenvalue weighted by atomic mass is 16.6. The Labute approximate surface area is 134 Å². The summed E-state index contributed by atoms with van der Waals surface area (Å²) in [7, 11) is 1.77. The molecule has 0 aromatic heterocycles. The zero-order valence-electron chi connectivity index (χ0n) is 14.6. The van der Waals surface area contributed by atoms with Gasteiger partial charge in [-0.3, -0.25) is 9.69 Å². The summed E-state index contributed by atoms with van der Waals surface area (Å²) in [5.74, 6) is 0.462. The molecule has 0 aromatic carbocycles. The maximum atomic E-state index is 12.0. The van der Waals surface area contributed by atoms with E-state index in [1.807, 2.05) is 27.7 Å². The molecule has 1 aliphatic rings. The van der Waals surface area contributed by atoms with Gasteiger partial charge in [0.25, 0.3) is 0 Å². The summed E-state index contributed by atoms with van der Waals surface area (Å²) in [5.41, 5.74) is -0.470. The van der Waals surface area contributed by atoms with Gasteiger partial charge in [-0.25, -0.2) is 4.79 Å². The molecule has 1 unspecified atom stereocenters. The number of hydrogen-bond donors (Lipinski definition) is 1. The minimum atomic E-state index is -0.470. The van der Waals surface area contributed by atoms with Gasteiger partial charge >= 0.3 is 6.09 Å². The van der Waals surface area contributed by atoms with Gasteiger partial charge in [-0.15, -0.1) is 0 Å². The largest absolute Gasteiger partial charge is 0.444 e. The molecule has 22 heavy (non-hydrogen) atoms. The Balaban J connectivity index is 2.42. The second kappa shape index (κ2) is 8.36. The maximum Gasteiger partial charge on any atom is 0.410 e. The van der Waals surface area contributed by atoms with Crippen molar-refractivity contribution in [2.24, 2.45) is 5.92 Å². The molecule has 1 atom stereocenters. The number of hydrogen-bond acceptors (Lipinski definition) is 4. The van der Waals surface area contributed by atoms with E-state index < -0.39 is 5.60 Å². The van der Waals surface area contributed by atoms with Gasteiger partial charge in [0.15, 0.2) is 0 Å². The van der Waals surface area contributed by atoms with Crippen molar-refractivity contribution >= 4 is 12.0 Å². The summed E-state index contributed by atoms with van der Waals surface area (Å²) in [6, 6.07) is 0. The molecule has 1 heterocycles. The molecule has 0 aromatic rings. The first-order valence-corrected chi connectivity index (χ1v) is 8.14. The number of carbonyl (C=O) groups excluding carboxylic acids is 2. The zero-order chi connectivity index (χ0) is 16.8. The summed E-state index contributed by atoms with van der Waals surface area (Å²) in [5, 5.41) is 2.83. The zero-order valence-corrected chi connectivity index (χ0v) is 14.6. The highest BCUT2D eigenvalue weighted by molar-refractivity contribution is 5.77. The van der Waals surface area contributed by atoms with E-state index >= 15 is 0 Å². The van der Waals surface area contributed by atoms with Gasteiger partial charge in [-0.05, 0) is 53.0 Å². The van der Waals surface area contributed by atoms with E-state index in [0.29, 0.717) is 25.6 Å². The Hall–Kier alpha value is -1.30. The fourth-order valence-electron chi connectivity index (χ4n) is 2.70. The van der Waals surface area contributed by atoms with E-state index in [9.17, 15) is 9.59 Å². The lowest BCUT2D eigenvalue weighted by Gasteiger charge is -2.34. The molecule has 0 aliphatic carbocycles. The first kappa shape index (κ1) is 18.7. The number of amides is 2. The van der Waals surface area contributed by atoms with Crippen LogP contribution in [0, 0.1) is 5.92 Å². The van der Waals surface area contributed by atoms with Gasteiger partial charge in [-0.2, -0.15) is 0 Å². The molecule has 6 nitrogen and oxygen atoms in total. The van der Waals surface area contributed by atoms with Crippen molar-refractivity contribution in [1.29, 1.82) is 0 Å². The van der Waals surface area contributed by atoms with E-state index in [2.05, 4.69) is 10.2 Å². The number of piperidine rings is 1. The summed E-state index contributed by atoms with van der Waals surface area (Å²) >= 11 is 0. The normalized spacial score (nSPS) is 19.6. The van der Waals surface area contributed by atoms with Crippen LogP contribution < -0.4 is 5.32 Å². The highest BCUT2D eigenvalue weighted by Crippen LogP contribution is 2.18. The lowest BCUT2D eigenvalue weighted by Crippen LogP contribution is -2.46. The van der Waals surface area contributed by atoms with Crippen LogP contribution >= 0.6 is 0 Å². The SMILES string of the molecule is CCNC(=O)CN1CCCC(CN(C)C(=O)OC(C)(C)C)C1. The van der Waals surface area contributed by atoms with Crippen LogP contribution in [-0.4, -0.2) is 67.2 Å². The smallest absolute Gasteiger partial charge is 0.410 e. The Morgan fingerprint density at radius 3 is 2.64 bits per heavy atom. The van der Waals surface area contributed by atoms with Crippen molar-refractivity contribution in [1.82, 2.24) is 15.1 Å². The quantitative estimate of drug-likeness (QED) is 0.839. The molecule has 1 aliphatic heterocycles. The van der Waals surface area contributed by atoms with Crippen LogP contribution in [0.1, 0.15) is 40.5 Å². The summed E-state index contributed by atoms with van der Waals surface area (Å²) in [4.78, 5) is 27.5. The van der Waals surface area contributed by atoms with E-state index in [1.54, 1.807) is 11.9 Å². The molecule has 1 saturated heterocycles. The number of carbonyl (C=O) groups is 2. The Morgan fingerprint density at radius 1 is 1.36 bits per heavy atom.